The molecule has 12 nitrogen and oxygen atoms in total. The number of imide groups is 3. The van der Waals surface area contributed by atoms with Gasteiger partial charge in [0.15, 0.2) is 0 Å². The number of fused-ring (bicyclic) bond motifs is 2. The highest BCUT2D eigenvalue weighted by Crippen LogP contribution is 2.54. The molecule has 1 fully saturated rings. The minimum absolute atomic E-state index is 0.0332. The van der Waals surface area contributed by atoms with E-state index in [0.717, 1.165) is 96.4 Å². The van der Waals surface area contributed by atoms with E-state index < -0.39 is 35.4 Å². The van der Waals surface area contributed by atoms with Crippen LogP contribution in [0.5, 0.6) is 23.0 Å². The second-order valence-corrected chi connectivity index (χ2v) is 24.5. The molecule has 0 N–H and O–H groups in total. The molecular weight excluding hydrogens is 1010 g/mol. The van der Waals surface area contributed by atoms with Crippen molar-refractivity contribution in [3.8, 4) is 23.0 Å². The molecular formula is C69H64N4O8. The van der Waals surface area contributed by atoms with Gasteiger partial charge < -0.3 is 14.4 Å². The van der Waals surface area contributed by atoms with Gasteiger partial charge in [0.1, 0.15) is 23.0 Å². The number of carbonyl (C=O) groups excluding carboxylic acids is 6. The van der Waals surface area contributed by atoms with Crippen molar-refractivity contribution >= 4 is 95.0 Å². The van der Waals surface area contributed by atoms with Gasteiger partial charge in [0, 0.05) is 74.2 Å². The van der Waals surface area contributed by atoms with Crippen molar-refractivity contribution in [2.75, 3.05) is 24.5 Å². The van der Waals surface area contributed by atoms with Crippen LogP contribution in [0.25, 0.3) is 53.9 Å². The number of ether oxygens (including phenoxy) is 2. The number of piperidine rings is 1. The van der Waals surface area contributed by atoms with Crippen molar-refractivity contribution in [1.29, 1.82) is 0 Å². The first-order valence-corrected chi connectivity index (χ1v) is 28.7. The molecule has 4 aliphatic rings. The monoisotopic (exact) mass is 1080 g/mol. The molecule has 0 saturated carbocycles. The maximum absolute atomic E-state index is 15.8. The normalized spacial score (nSPS) is 15.7. The molecule has 0 aliphatic carbocycles. The number of hydrogen-bond acceptors (Lipinski definition) is 9. The molecule has 0 unspecified atom stereocenters. The number of hydrazine groups is 1. The number of nitrogens with zero attached hydrogens (tertiary/aromatic N) is 4. The number of benzene rings is 9. The van der Waals surface area contributed by atoms with Crippen molar-refractivity contribution in [2.24, 2.45) is 0 Å². The second-order valence-electron chi connectivity index (χ2n) is 24.5. The molecule has 9 aromatic rings. The van der Waals surface area contributed by atoms with Gasteiger partial charge in [0.25, 0.3) is 35.4 Å². The highest BCUT2D eigenvalue weighted by molar-refractivity contribution is 6.42. The summed E-state index contributed by atoms with van der Waals surface area (Å²) in [6.45, 7) is 17.1. The van der Waals surface area contributed by atoms with Gasteiger partial charge in [0.05, 0.1) is 22.3 Å². The molecule has 13 rings (SSSR count). The molecule has 81 heavy (non-hydrogen) atoms. The van der Waals surface area contributed by atoms with Gasteiger partial charge in [-0.2, -0.15) is 10.0 Å². The lowest BCUT2D eigenvalue weighted by molar-refractivity contribution is 0.00210. The van der Waals surface area contributed by atoms with E-state index in [9.17, 15) is 9.59 Å². The molecule has 0 radical (unpaired) electrons. The average molecular weight is 1080 g/mol. The quantitative estimate of drug-likeness (QED) is 0.0479. The van der Waals surface area contributed by atoms with Crippen LogP contribution in [0.4, 0.5) is 5.69 Å². The molecule has 1 saturated heterocycles. The Morgan fingerprint density at radius 3 is 1.33 bits per heavy atom. The van der Waals surface area contributed by atoms with E-state index >= 15 is 19.2 Å². The summed E-state index contributed by atoms with van der Waals surface area (Å²) in [6.07, 6.45) is 9.20. The van der Waals surface area contributed by atoms with Gasteiger partial charge in [-0.15, -0.1) is 0 Å². The summed E-state index contributed by atoms with van der Waals surface area (Å²) in [4.78, 5) is 94.1. The van der Waals surface area contributed by atoms with E-state index in [1.165, 1.54) is 35.6 Å². The Balaban J connectivity index is 1.00. The van der Waals surface area contributed by atoms with Crippen LogP contribution in [0.15, 0.2) is 115 Å². The van der Waals surface area contributed by atoms with Crippen molar-refractivity contribution in [3.05, 3.63) is 160 Å². The molecule has 0 aromatic heterocycles. The van der Waals surface area contributed by atoms with E-state index in [-0.39, 0.29) is 61.5 Å². The highest BCUT2D eigenvalue weighted by Gasteiger charge is 2.48. The number of carbonyl (C=O) groups is 6. The van der Waals surface area contributed by atoms with E-state index in [1.807, 2.05) is 54.6 Å². The fourth-order valence-electron chi connectivity index (χ4n) is 13.0. The fraction of sp³-hybridized carbons (Fsp3) is 0.304. The Morgan fingerprint density at radius 1 is 0.407 bits per heavy atom. The van der Waals surface area contributed by atoms with Gasteiger partial charge >= 0.3 is 0 Å². The molecule has 0 spiro atoms. The summed E-state index contributed by atoms with van der Waals surface area (Å²) in [7, 11) is 0. The standard InChI is InChI=1S/C69H64N4O8/c1-8-9-10-11-12-16-36-71-62(74)46-28-30-48-57-49(31-29-47(56(46)57)63(71)75)65(77)72(64(48)76)73-66(78)50-37-53(80-41-24-20-39(21-25-41)68(2,3)4)59-44-19-17-18-43-52(70-34-14-13-15-35-70)33-32-45(55(43)44)60-54(38-51(67(73)79)58(50)61(59)60)81-42-26-22-40(23-27-42)69(5,6)7/h17-33,37-38H,8-16,34-36H2,1-7H3. The maximum atomic E-state index is 15.8. The Bertz CT molecular complexity index is 3970. The van der Waals surface area contributed by atoms with Crippen molar-refractivity contribution in [3.63, 3.8) is 0 Å². The number of anilines is 1. The molecule has 408 valence electrons. The van der Waals surface area contributed by atoms with Crippen LogP contribution < -0.4 is 14.4 Å². The predicted molar refractivity (Wildman–Crippen MR) is 318 cm³/mol. The zero-order chi connectivity index (χ0) is 56.4. The molecule has 4 aliphatic heterocycles. The first-order valence-electron chi connectivity index (χ1n) is 28.7. The summed E-state index contributed by atoms with van der Waals surface area (Å²) < 4.78 is 14.1. The van der Waals surface area contributed by atoms with Crippen molar-refractivity contribution < 1.29 is 38.2 Å². The topological polar surface area (TPSA) is 134 Å². The molecule has 0 bridgehead atoms. The Hall–Kier alpha value is -8.64. The SMILES string of the molecule is CCCCCCCCN1C(=O)c2ccc3c4c(ccc(c24)C1=O)C(=O)N(N1C(=O)c2cc(Oc4ccc(C(C)(C)C)cc4)c4c5cccc6c(N7CCCCC7)ccc(c7c(Oc8ccc(C(C)(C)C)cc8)cc(c2c47)C1=O)c65)C3=O. The van der Waals surface area contributed by atoms with Crippen LogP contribution in [-0.2, 0) is 10.8 Å². The molecule has 12 heteroatoms. The van der Waals surface area contributed by atoms with Gasteiger partial charge in [-0.1, -0.05) is 129 Å². The lowest BCUT2D eigenvalue weighted by Gasteiger charge is -2.38. The van der Waals surface area contributed by atoms with E-state index in [0.29, 0.717) is 61.0 Å². The van der Waals surface area contributed by atoms with Gasteiger partial charge in [-0.3, -0.25) is 33.7 Å². The lowest BCUT2D eigenvalue weighted by atomic mass is 9.83. The fourth-order valence-corrected chi connectivity index (χ4v) is 13.0. The Morgan fingerprint density at radius 2 is 0.840 bits per heavy atom. The largest absolute Gasteiger partial charge is 0.457 e. The number of unbranched alkanes of at least 4 members (excludes halogenated alkanes) is 5. The molecule has 0 atom stereocenters. The number of rotatable bonds is 13. The van der Waals surface area contributed by atoms with Gasteiger partial charge in [-0.05, 0) is 131 Å². The third kappa shape index (κ3) is 8.22. The minimum atomic E-state index is -0.961. The molecule has 6 amide bonds. The third-order valence-corrected chi connectivity index (χ3v) is 17.2. The average Bonchev–Trinajstić information content (AvgIpc) is 1.47. The zero-order valence-electron chi connectivity index (χ0n) is 47.0. The van der Waals surface area contributed by atoms with Crippen molar-refractivity contribution in [1.82, 2.24) is 14.9 Å². The number of amides is 6. The van der Waals surface area contributed by atoms with Crippen LogP contribution in [0.3, 0.4) is 0 Å². The van der Waals surface area contributed by atoms with E-state index in [2.05, 4.69) is 77.6 Å². The highest BCUT2D eigenvalue weighted by atomic mass is 16.5. The Kier molecular flexibility index (Phi) is 12.3. The predicted octanol–water partition coefficient (Wildman–Crippen LogP) is 15.8. The summed E-state index contributed by atoms with van der Waals surface area (Å²) >= 11 is 0. The smallest absolute Gasteiger partial charge is 0.281 e. The lowest BCUT2D eigenvalue weighted by Crippen LogP contribution is -2.58. The molecule has 4 heterocycles. The summed E-state index contributed by atoms with van der Waals surface area (Å²) in [5.74, 6) is -3.09. The summed E-state index contributed by atoms with van der Waals surface area (Å²) in [5.41, 5.74) is 3.43. The van der Waals surface area contributed by atoms with E-state index in [4.69, 9.17) is 9.47 Å². The van der Waals surface area contributed by atoms with Crippen LogP contribution in [0, 0.1) is 0 Å². The summed E-state index contributed by atoms with van der Waals surface area (Å²) in [5, 5.41) is 7.51. The zero-order valence-corrected chi connectivity index (χ0v) is 47.0. The van der Waals surface area contributed by atoms with Crippen LogP contribution in [-0.4, -0.2) is 70.0 Å². The first kappa shape index (κ1) is 51.8. The van der Waals surface area contributed by atoms with Crippen LogP contribution in [0.2, 0.25) is 0 Å². The molecule has 9 aromatic carbocycles. The number of hydrogen-bond donors (Lipinski definition) is 0. The summed E-state index contributed by atoms with van der Waals surface area (Å²) in [6, 6.07) is 35.5. The first-order chi connectivity index (χ1) is 38.9. The maximum Gasteiger partial charge on any atom is 0.281 e. The van der Waals surface area contributed by atoms with Crippen LogP contribution >= 0.6 is 0 Å². The second kappa shape index (κ2) is 19.3. The van der Waals surface area contributed by atoms with Crippen LogP contribution in [0.1, 0.15) is 180 Å². The third-order valence-electron chi connectivity index (χ3n) is 17.2. The van der Waals surface area contributed by atoms with Gasteiger partial charge in [-0.25, -0.2) is 0 Å². The van der Waals surface area contributed by atoms with Crippen molar-refractivity contribution in [2.45, 2.75) is 117 Å². The van der Waals surface area contributed by atoms with E-state index in [1.54, 1.807) is 12.1 Å². The van der Waals surface area contributed by atoms with Gasteiger partial charge in [0.2, 0.25) is 0 Å². The Labute approximate surface area is 470 Å². The minimum Gasteiger partial charge on any atom is -0.457 e.